The van der Waals surface area contributed by atoms with E-state index in [-0.39, 0.29) is 5.79 Å². The highest BCUT2D eigenvalue weighted by molar-refractivity contribution is 5.66. The fourth-order valence-electron chi connectivity index (χ4n) is 3.80. The molecule has 3 rings (SSSR count). The predicted octanol–water partition coefficient (Wildman–Crippen LogP) is 3.29. The van der Waals surface area contributed by atoms with Gasteiger partial charge in [0.2, 0.25) is 0 Å². The first-order valence-corrected chi connectivity index (χ1v) is 9.62. The van der Waals surface area contributed by atoms with E-state index in [1.807, 2.05) is 12.1 Å². The maximum atomic E-state index is 11.2. The molecule has 26 heavy (non-hydrogen) atoms. The molecule has 2 fully saturated rings. The molecule has 1 saturated heterocycles. The standard InChI is InChI=1S/C20H29NO5/c1-2-23-19(22)21-11-12-24-18-8-6-16(7-9-18)15-17-5-3-4-10-20(17)25-13-14-26-20/h6-9,17H,2-5,10-15H2,1H3,(H,21,22)/i6+2,7+2,8+2,9+2,15+2,16+2,18+2. The maximum absolute atomic E-state index is 11.2. The van der Waals surface area contributed by atoms with Crippen LogP contribution in [0.2, 0.25) is 0 Å². The van der Waals surface area contributed by atoms with Gasteiger partial charge >= 0.3 is 6.09 Å². The zero-order valence-electron chi connectivity index (χ0n) is 15.5. The summed E-state index contributed by atoms with van der Waals surface area (Å²) >= 11 is 0. The van der Waals surface area contributed by atoms with Crippen LogP contribution in [0.15, 0.2) is 24.3 Å². The van der Waals surface area contributed by atoms with Crippen molar-refractivity contribution in [2.75, 3.05) is 33.0 Å². The molecule has 1 aromatic rings. The minimum Gasteiger partial charge on any atom is -0.492 e. The first kappa shape index (κ1) is 19.0. The zero-order chi connectivity index (χ0) is 18.2. The average molecular weight is 377 g/mol. The van der Waals surface area contributed by atoms with Crippen molar-refractivity contribution in [3.63, 3.8) is 0 Å². The quantitative estimate of drug-likeness (QED) is 0.739. The second-order valence-electron chi connectivity index (χ2n) is 6.80. The van der Waals surface area contributed by atoms with Crippen LogP contribution in [0.3, 0.4) is 0 Å². The Kier molecular flexibility index (Phi) is 6.74. The molecular formula is C20H29NO5. The number of hydrogen-bond donors (Lipinski definition) is 1. The monoisotopic (exact) mass is 377 g/mol. The van der Waals surface area contributed by atoms with E-state index >= 15 is 0 Å². The van der Waals surface area contributed by atoms with Crippen molar-refractivity contribution in [3.05, 3.63) is 29.8 Å². The SMILES string of the molecule is CCOC(=O)NCCO[14c]1[14cH][14cH][14c]([14CH2]C2CCCCC23OCCO3)[14cH][14cH]1. The Morgan fingerprint density at radius 1 is 1.27 bits per heavy atom. The fourth-order valence-corrected chi connectivity index (χ4v) is 3.80. The van der Waals surface area contributed by atoms with Gasteiger partial charge in [-0.25, -0.2) is 4.79 Å². The van der Waals surface area contributed by atoms with Gasteiger partial charge in [0.1, 0.15) is 12.4 Å². The van der Waals surface area contributed by atoms with E-state index in [0.717, 1.165) is 25.0 Å². The highest BCUT2D eigenvalue weighted by atomic mass is 16.7. The summed E-state index contributed by atoms with van der Waals surface area (Å²) in [4.78, 5) is 11.2. The lowest BCUT2D eigenvalue weighted by molar-refractivity contribution is -0.212. The number of carbonyl (C=O) groups is 1. The van der Waals surface area contributed by atoms with Gasteiger partial charge in [0.25, 0.3) is 0 Å². The number of carbonyl (C=O) groups excluding carboxylic acids is 1. The summed E-state index contributed by atoms with van der Waals surface area (Å²) in [5.41, 5.74) is 1.27. The Balaban J connectivity index is 1.46. The van der Waals surface area contributed by atoms with Crippen molar-refractivity contribution in [1.82, 2.24) is 5.32 Å². The third kappa shape index (κ3) is 4.89. The lowest BCUT2D eigenvalue weighted by atomic mass is 9.89. The van der Waals surface area contributed by atoms with Gasteiger partial charge in [0.05, 0.1) is 26.4 Å². The fraction of sp³-hybridized carbons (Fsp3) is 0.650. The Morgan fingerprint density at radius 3 is 2.77 bits per heavy atom. The van der Waals surface area contributed by atoms with E-state index in [9.17, 15) is 4.79 Å². The van der Waals surface area contributed by atoms with Crippen molar-refractivity contribution in [2.24, 2.45) is 5.92 Å². The van der Waals surface area contributed by atoms with Crippen molar-refractivity contribution >= 4 is 6.09 Å². The molecular weight excluding hydrogens is 348 g/mol. The summed E-state index contributed by atoms with van der Waals surface area (Å²) in [6, 6.07) is 8.16. The first-order valence-electron chi connectivity index (χ1n) is 9.62. The van der Waals surface area contributed by atoms with Crippen LogP contribution in [0.4, 0.5) is 4.79 Å². The number of hydrogen-bond acceptors (Lipinski definition) is 5. The molecule has 2 aliphatic rings. The molecule has 0 bridgehead atoms. The lowest BCUT2D eigenvalue weighted by Crippen LogP contribution is -2.42. The highest BCUT2D eigenvalue weighted by Gasteiger charge is 2.45. The van der Waals surface area contributed by atoms with Gasteiger partial charge < -0.3 is 24.3 Å². The van der Waals surface area contributed by atoms with Gasteiger partial charge in [-0.2, -0.15) is 0 Å². The van der Waals surface area contributed by atoms with Crippen LogP contribution in [-0.4, -0.2) is 44.9 Å². The summed E-state index contributed by atoms with van der Waals surface area (Å²) in [6.07, 6.45) is 5.13. The number of alkyl carbamates (subject to hydrolysis) is 1. The van der Waals surface area contributed by atoms with Gasteiger partial charge in [0, 0.05) is 12.3 Å². The number of nitrogens with one attached hydrogen (secondary N) is 1. The summed E-state index contributed by atoms with van der Waals surface area (Å²) in [5, 5.41) is 2.63. The molecule has 1 spiro atoms. The molecule has 1 heterocycles. The van der Waals surface area contributed by atoms with Gasteiger partial charge in [-0.15, -0.1) is 0 Å². The highest BCUT2D eigenvalue weighted by Crippen LogP contribution is 2.42. The molecule has 1 aliphatic carbocycles. The van der Waals surface area contributed by atoms with Crippen LogP contribution in [0.25, 0.3) is 0 Å². The Labute approximate surface area is 155 Å². The Bertz CT molecular complexity index is 568. The molecule has 1 saturated carbocycles. The number of ether oxygens (including phenoxy) is 4. The predicted molar refractivity (Wildman–Crippen MR) is 97.3 cm³/mol. The zero-order valence-corrected chi connectivity index (χ0v) is 15.5. The van der Waals surface area contributed by atoms with Gasteiger partial charge in [0.15, 0.2) is 5.79 Å². The first-order chi connectivity index (χ1) is 12.7. The molecule has 144 valence electrons. The average Bonchev–Trinajstić information content (AvgIpc) is 3.11. The largest absolute Gasteiger partial charge is 0.492 e. The molecule has 1 atom stereocenters. The molecule has 1 unspecified atom stereocenters. The van der Waals surface area contributed by atoms with Gasteiger partial charge in [-0.1, -0.05) is 18.6 Å². The molecule has 1 N–H and O–H groups in total. The topological polar surface area (TPSA) is 66.0 Å². The minimum absolute atomic E-state index is 0.355. The van der Waals surface area contributed by atoms with Crippen LogP contribution in [0.5, 0.6) is 5.75 Å². The molecule has 0 radical (unpaired) electrons. The molecule has 1 aliphatic heterocycles. The molecule has 1 aromatic carbocycles. The number of benzene rings is 1. The minimum atomic E-state index is -0.413. The summed E-state index contributed by atoms with van der Waals surface area (Å²) < 4.78 is 22.4. The van der Waals surface area contributed by atoms with Crippen molar-refractivity contribution in [2.45, 2.75) is 44.8 Å². The summed E-state index contributed by atoms with van der Waals surface area (Å²) in [7, 11) is 0. The van der Waals surface area contributed by atoms with E-state index in [1.54, 1.807) is 6.92 Å². The Morgan fingerprint density at radius 2 is 2.04 bits per heavy atom. The van der Waals surface area contributed by atoms with Gasteiger partial charge in [-0.05, 0) is 43.9 Å². The summed E-state index contributed by atoms with van der Waals surface area (Å²) in [5.74, 6) is 0.858. The van der Waals surface area contributed by atoms with E-state index in [2.05, 4.69) is 17.4 Å². The number of amides is 1. The molecule has 6 nitrogen and oxygen atoms in total. The van der Waals surface area contributed by atoms with Crippen LogP contribution in [-0.2, 0) is 20.6 Å². The number of rotatable bonds is 7. The van der Waals surface area contributed by atoms with Crippen LogP contribution in [0, 0.1) is 5.92 Å². The summed E-state index contributed by atoms with van der Waals surface area (Å²) in [6.45, 7) is 4.39. The third-order valence-corrected chi connectivity index (χ3v) is 5.05. The van der Waals surface area contributed by atoms with Crippen molar-refractivity contribution in [3.8, 4) is 5.75 Å². The van der Waals surface area contributed by atoms with Gasteiger partial charge in [-0.3, -0.25) is 0 Å². The molecule has 6 heteroatoms. The molecule has 1 amide bonds. The van der Waals surface area contributed by atoms with Crippen molar-refractivity contribution in [1.29, 1.82) is 0 Å². The van der Waals surface area contributed by atoms with E-state index < -0.39 is 6.09 Å². The molecule has 0 aromatic heterocycles. The van der Waals surface area contributed by atoms with Crippen LogP contribution in [0.1, 0.15) is 38.2 Å². The van der Waals surface area contributed by atoms with E-state index in [0.29, 0.717) is 38.9 Å². The second-order valence-corrected chi connectivity index (χ2v) is 6.80. The van der Waals surface area contributed by atoms with Crippen molar-refractivity contribution < 1.29 is 23.7 Å². The maximum Gasteiger partial charge on any atom is 0.407 e. The van der Waals surface area contributed by atoms with Crippen LogP contribution >= 0.6 is 0 Å². The van der Waals surface area contributed by atoms with Crippen LogP contribution < -0.4 is 10.1 Å². The lowest BCUT2D eigenvalue weighted by Gasteiger charge is -2.39. The second kappa shape index (κ2) is 9.24. The Hall–Kier alpha value is -1.79. The van der Waals surface area contributed by atoms with E-state index in [1.165, 1.54) is 18.4 Å². The van der Waals surface area contributed by atoms with E-state index in [4.69, 9.17) is 18.9 Å². The third-order valence-electron chi connectivity index (χ3n) is 5.05. The smallest absolute Gasteiger partial charge is 0.407 e. The normalized spacial score (nSPS) is 21.5.